The van der Waals surface area contributed by atoms with E-state index in [-0.39, 0.29) is 17.9 Å². The van der Waals surface area contributed by atoms with Gasteiger partial charge in [-0.3, -0.25) is 4.79 Å². The minimum Gasteiger partial charge on any atom is -0.393 e. The second kappa shape index (κ2) is 4.65. The molecule has 2 rings (SSSR count). The average molecular weight is 210 g/mol. The first-order chi connectivity index (χ1) is 7.18. The second-order valence-corrected chi connectivity index (χ2v) is 5.47. The molecule has 2 aliphatic carbocycles. The fourth-order valence-electron chi connectivity index (χ4n) is 3.28. The Labute approximate surface area is 92.1 Å². The Morgan fingerprint density at radius 1 is 1.20 bits per heavy atom. The summed E-state index contributed by atoms with van der Waals surface area (Å²) in [6.07, 6.45) is 6.90. The lowest BCUT2D eigenvalue weighted by atomic mass is 9.69. The summed E-state index contributed by atoms with van der Waals surface area (Å²) in [5.74, 6) is 1.53. The normalized spacial score (nSPS) is 42.9. The fourth-order valence-corrected chi connectivity index (χ4v) is 3.28. The first kappa shape index (κ1) is 11.1. The number of rotatable bonds is 1. The lowest BCUT2D eigenvalue weighted by Crippen LogP contribution is -2.38. The minimum atomic E-state index is -0.210. The van der Waals surface area contributed by atoms with Gasteiger partial charge in [0.05, 0.1) is 6.10 Å². The van der Waals surface area contributed by atoms with Gasteiger partial charge in [-0.15, -0.1) is 0 Å². The quantitative estimate of drug-likeness (QED) is 0.722. The van der Waals surface area contributed by atoms with E-state index in [0.29, 0.717) is 11.7 Å². The zero-order valence-electron chi connectivity index (χ0n) is 9.61. The van der Waals surface area contributed by atoms with Crippen LogP contribution in [0.15, 0.2) is 0 Å². The highest BCUT2D eigenvalue weighted by molar-refractivity contribution is 5.82. The van der Waals surface area contributed by atoms with Crippen molar-refractivity contribution in [2.45, 2.75) is 58.0 Å². The number of aliphatic hydroxyl groups excluding tert-OH is 1. The van der Waals surface area contributed by atoms with Crippen LogP contribution in [-0.2, 0) is 4.79 Å². The van der Waals surface area contributed by atoms with E-state index in [9.17, 15) is 9.90 Å². The van der Waals surface area contributed by atoms with E-state index in [1.807, 2.05) is 0 Å². The summed E-state index contributed by atoms with van der Waals surface area (Å²) in [6.45, 7) is 2.23. The summed E-state index contributed by atoms with van der Waals surface area (Å²) >= 11 is 0. The van der Waals surface area contributed by atoms with Gasteiger partial charge in [0.15, 0.2) is 0 Å². The monoisotopic (exact) mass is 210 g/mol. The molecule has 0 radical (unpaired) electrons. The maximum absolute atomic E-state index is 11.9. The van der Waals surface area contributed by atoms with Gasteiger partial charge in [-0.25, -0.2) is 0 Å². The van der Waals surface area contributed by atoms with E-state index in [1.54, 1.807) is 0 Å². The Kier molecular flexibility index (Phi) is 3.45. The standard InChI is InChI=1S/C13H22O2/c1-9-6-7-13(15)11(8-9)10-4-2-3-5-12(10)14/h9-12,14H,2-8H2,1H3. The van der Waals surface area contributed by atoms with Crippen LogP contribution in [0, 0.1) is 17.8 Å². The molecule has 0 saturated heterocycles. The number of carbonyl (C=O) groups is 1. The summed E-state index contributed by atoms with van der Waals surface area (Å²) in [7, 11) is 0. The van der Waals surface area contributed by atoms with E-state index >= 15 is 0 Å². The molecule has 2 nitrogen and oxygen atoms in total. The summed E-state index contributed by atoms with van der Waals surface area (Å²) in [5, 5.41) is 9.97. The molecule has 2 fully saturated rings. The van der Waals surface area contributed by atoms with E-state index < -0.39 is 0 Å². The summed E-state index contributed by atoms with van der Waals surface area (Å²) in [5.41, 5.74) is 0. The molecule has 4 unspecified atom stereocenters. The molecule has 0 spiro atoms. The highest BCUT2D eigenvalue weighted by Gasteiger charge is 2.37. The molecular weight excluding hydrogens is 188 g/mol. The highest BCUT2D eigenvalue weighted by Crippen LogP contribution is 2.38. The SMILES string of the molecule is CC1CCC(=O)C(C2CCCCC2O)C1. The van der Waals surface area contributed by atoms with Crippen LogP contribution >= 0.6 is 0 Å². The Morgan fingerprint density at radius 2 is 1.93 bits per heavy atom. The molecule has 0 aromatic rings. The summed E-state index contributed by atoms with van der Waals surface area (Å²) < 4.78 is 0. The predicted octanol–water partition coefficient (Wildman–Crippen LogP) is 2.54. The van der Waals surface area contributed by atoms with Crippen LogP contribution in [0.2, 0.25) is 0 Å². The van der Waals surface area contributed by atoms with Gasteiger partial charge in [0.2, 0.25) is 0 Å². The van der Waals surface area contributed by atoms with Crippen molar-refractivity contribution >= 4 is 5.78 Å². The van der Waals surface area contributed by atoms with Crippen molar-refractivity contribution < 1.29 is 9.90 Å². The molecule has 0 aromatic heterocycles. The lowest BCUT2D eigenvalue weighted by Gasteiger charge is -2.37. The molecule has 0 aromatic carbocycles. The average Bonchev–Trinajstić information content (AvgIpc) is 2.23. The molecule has 0 bridgehead atoms. The maximum atomic E-state index is 11.9. The van der Waals surface area contributed by atoms with Gasteiger partial charge in [-0.05, 0) is 37.5 Å². The predicted molar refractivity (Wildman–Crippen MR) is 59.5 cm³/mol. The summed E-state index contributed by atoms with van der Waals surface area (Å²) in [6, 6.07) is 0. The van der Waals surface area contributed by atoms with Crippen LogP contribution in [0.3, 0.4) is 0 Å². The van der Waals surface area contributed by atoms with Crippen LogP contribution in [0.1, 0.15) is 51.9 Å². The molecule has 2 heteroatoms. The van der Waals surface area contributed by atoms with Crippen molar-refractivity contribution in [2.24, 2.45) is 17.8 Å². The first-order valence-electron chi connectivity index (χ1n) is 6.39. The van der Waals surface area contributed by atoms with Crippen molar-refractivity contribution in [1.82, 2.24) is 0 Å². The summed E-state index contributed by atoms with van der Waals surface area (Å²) in [4.78, 5) is 11.9. The Hall–Kier alpha value is -0.370. The third-order valence-electron chi connectivity index (χ3n) is 4.25. The minimum absolute atomic E-state index is 0.170. The van der Waals surface area contributed by atoms with Crippen molar-refractivity contribution in [2.75, 3.05) is 0 Å². The molecule has 4 atom stereocenters. The van der Waals surface area contributed by atoms with E-state index in [4.69, 9.17) is 0 Å². The zero-order valence-corrected chi connectivity index (χ0v) is 9.61. The number of Topliss-reactive ketones (excluding diaryl/α,β-unsaturated/α-hetero) is 1. The molecule has 0 amide bonds. The Balaban J connectivity index is 2.03. The number of ketones is 1. The van der Waals surface area contributed by atoms with Crippen molar-refractivity contribution in [1.29, 1.82) is 0 Å². The van der Waals surface area contributed by atoms with Crippen molar-refractivity contribution in [3.05, 3.63) is 0 Å². The van der Waals surface area contributed by atoms with E-state index in [1.165, 1.54) is 6.42 Å². The number of carbonyl (C=O) groups excluding carboxylic acids is 1. The van der Waals surface area contributed by atoms with E-state index in [0.717, 1.165) is 38.5 Å². The maximum Gasteiger partial charge on any atom is 0.136 e. The highest BCUT2D eigenvalue weighted by atomic mass is 16.3. The van der Waals surface area contributed by atoms with E-state index in [2.05, 4.69) is 6.92 Å². The zero-order chi connectivity index (χ0) is 10.8. The molecule has 0 heterocycles. The van der Waals surface area contributed by atoms with Gasteiger partial charge in [-0.2, -0.15) is 0 Å². The number of hydrogen-bond acceptors (Lipinski definition) is 2. The largest absolute Gasteiger partial charge is 0.393 e. The Morgan fingerprint density at radius 3 is 2.67 bits per heavy atom. The van der Waals surface area contributed by atoms with Crippen molar-refractivity contribution in [3.8, 4) is 0 Å². The topological polar surface area (TPSA) is 37.3 Å². The molecule has 86 valence electrons. The molecule has 2 saturated carbocycles. The molecule has 15 heavy (non-hydrogen) atoms. The van der Waals surface area contributed by atoms with Crippen molar-refractivity contribution in [3.63, 3.8) is 0 Å². The molecule has 2 aliphatic rings. The van der Waals surface area contributed by atoms with Crippen LogP contribution in [0.25, 0.3) is 0 Å². The van der Waals surface area contributed by atoms with Gasteiger partial charge < -0.3 is 5.11 Å². The van der Waals surface area contributed by atoms with Crippen LogP contribution < -0.4 is 0 Å². The third kappa shape index (κ3) is 2.41. The number of aliphatic hydroxyl groups is 1. The molecular formula is C13H22O2. The van der Waals surface area contributed by atoms with Gasteiger partial charge in [0.25, 0.3) is 0 Å². The smallest absolute Gasteiger partial charge is 0.136 e. The molecule has 1 N–H and O–H groups in total. The van der Waals surface area contributed by atoms with Gasteiger partial charge in [0.1, 0.15) is 5.78 Å². The van der Waals surface area contributed by atoms with Crippen LogP contribution in [0.4, 0.5) is 0 Å². The second-order valence-electron chi connectivity index (χ2n) is 5.47. The van der Waals surface area contributed by atoms with Crippen LogP contribution in [-0.4, -0.2) is 17.0 Å². The van der Waals surface area contributed by atoms with Gasteiger partial charge >= 0.3 is 0 Å². The molecule has 0 aliphatic heterocycles. The lowest BCUT2D eigenvalue weighted by molar-refractivity contribution is -0.130. The Bertz CT molecular complexity index is 237. The van der Waals surface area contributed by atoms with Crippen LogP contribution in [0.5, 0.6) is 0 Å². The van der Waals surface area contributed by atoms with Gasteiger partial charge in [-0.1, -0.05) is 19.8 Å². The third-order valence-corrected chi connectivity index (χ3v) is 4.25. The van der Waals surface area contributed by atoms with Gasteiger partial charge in [0, 0.05) is 12.3 Å². The number of hydrogen-bond donors (Lipinski definition) is 1. The fraction of sp³-hybridized carbons (Fsp3) is 0.923. The first-order valence-corrected chi connectivity index (χ1v) is 6.39.